The highest BCUT2D eigenvalue weighted by Gasteiger charge is 2.36. The van der Waals surface area contributed by atoms with Crippen molar-refractivity contribution in [3.8, 4) is 22.8 Å². The second-order valence-corrected chi connectivity index (χ2v) is 10.8. The number of fused-ring (bicyclic) bond motifs is 2. The maximum absolute atomic E-state index is 14.1. The fourth-order valence-electron chi connectivity index (χ4n) is 4.78. The fourth-order valence-corrected chi connectivity index (χ4v) is 6.05. The lowest BCUT2D eigenvalue weighted by Crippen LogP contribution is -2.18. The Balaban J connectivity index is 1.59. The molecule has 41 heavy (non-hydrogen) atoms. The van der Waals surface area contributed by atoms with Gasteiger partial charge in [0.15, 0.2) is 22.8 Å². The van der Waals surface area contributed by atoms with Crippen molar-refractivity contribution < 1.29 is 37.0 Å². The number of hydrogen-bond donors (Lipinski definition) is 1. The van der Waals surface area contributed by atoms with Crippen LogP contribution >= 0.6 is 11.3 Å². The van der Waals surface area contributed by atoms with E-state index in [4.69, 9.17) is 14.2 Å². The van der Waals surface area contributed by atoms with Gasteiger partial charge in [-0.15, -0.1) is 11.3 Å². The standard InChI is InChI=1S/C28H27F3N4O5S/c1-14(2)40-27(37)23-16-7-5-6-8-21(16)41-26(23)34-25(36)17-13-32-35-22(28(29,30)31)12-18(33-24(17)35)15-9-10-19(38-3)20(11-15)39-4/h9-14H,5-8H2,1-4H3,(H,34,36). The predicted octanol–water partition coefficient (Wildman–Crippen LogP) is 6.19. The Bertz CT molecular complexity index is 1640. The van der Waals surface area contributed by atoms with Crippen LogP contribution in [0.5, 0.6) is 11.5 Å². The number of carbonyl (C=O) groups is 2. The molecule has 0 saturated heterocycles. The minimum Gasteiger partial charge on any atom is -0.493 e. The summed E-state index contributed by atoms with van der Waals surface area (Å²) in [5.41, 5.74) is -0.198. The van der Waals surface area contributed by atoms with Crippen LogP contribution in [0.15, 0.2) is 30.5 Å². The second kappa shape index (κ2) is 11.0. The molecule has 0 aliphatic heterocycles. The van der Waals surface area contributed by atoms with Gasteiger partial charge in [-0.05, 0) is 69.4 Å². The summed E-state index contributed by atoms with van der Waals surface area (Å²) >= 11 is 1.28. The molecule has 5 rings (SSSR count). The van der Waals surface area contributed by atoms with Crippen LogP contribution in [0.1, 0.15) is 63.5 Å². The third kappa shape index (κ3) is 5.45. The van der Waals surface area contributed by atoms with E-state index in [-0.39, 0.29) is 28.6 Å². The van der Waals surface area contributed by atoms with Crippen molar-refractivity contribution in [2.45, 2.75) is 51.8 Å². The lowest BCUT2D eigenvalue weighted by Gasteiger charge is -2.14. The Morgan fingerprint density at radius 2 is 1.80 bits per heavy atom. The molecule has 216 valence electrons. The summed E-state index contributed by atoms with van der Waals surface area (Å²) < 4.78 is 58.9. The van der Waals surface area contributed by atoms with Crippen molar-refractivity contribution in [1.82, 2.24) is 14.6 Å². The number of aromatic nitrogens is 3. The molecule has 0 spiro atoms. The van der Waals surface area contributed by atoms with E-state index in [1.165, 1.54) is 31.6 Å². The SMILES string of the molecule is COc1ccc(-c2cc(C(F)(F)F)n3ncc(C(=O)Nc4sc5c(c4C(=O)OC(C)C)CCCC5)c3n2)cc1OC. The molecule has 0 fully saturated rings. The van der Waals surface area contributed by atoms with Gasteiger partial charge in [0.05, 0.1) is 37.8 Å². The number of carbonyl (C=O) groups excluding carboxylic acids is 2. The van der Waals surface area contributed by atoms with Crippen molar-refractivity contribution in [3.05, 3.63) is 57.7 Å². The first-order chi connectivity index (χ1) is 19.5. The normalized spacial score (nSPS) is 13.3. The van der Waals surface area contributed by atoms with E-state index in [2.05, 4.69) is 15.4 Å². The van der Waals surface area contributed by atoms with E-state index < -0.39 is 23.7 Å². The summed E-state index contributed by atoms with van der Waals surface area (Å²) in [4.78, 5) is 31.9. The highest BCUT2D eigenvalue weighted by molar-refractivity contribution is 7.17. The molecule has 0 atom stereocenters. The number of nitrogens with zero attached hydrogens (tertiary/aromatic N) is 3. The molecule has 1 amide bonds. The largest absolute Gasteiger partial charge is 0.493 e. The van der Waals surface area contributed by atoms with E-state index in [1.54, 1.807) is 26.0 Å². The predicted molar refractivity (Wildman–Crippen MR) is 146 cm³/mol. The molecular formula is C28H27F3N4O5S. The number of esters is 1. The molecule has 0 saturated carbocycles. The first-order valence-electron chi connectivity index (χ1n) is 12.9. The molecule has 1 aliphatic carbocycles. The number of thiophene rings is 1. The van der Waals surface area contributed by atoms with Crippen molar-refractivity contribution >= 4 is 33.9 Å². The highest BCUT2D eigenvalue weighted by atomic mass is 32.1. The van der Waals surface area contributed by atoms with Crippen LogP contribution < -0.4 is 14.8 Å². The van der Waals surface area contributed by atoms with Gasteiger partial charge >= 0.3 is 12.1 Å². The molecule has 1 aromatic carbocycles. The zero-order valence-corrected chi connectivity index (χ0v) is 23.5. The van der Waals surface area contributed by atoms with Crippen LogP contribution in [0.25, 0.3) is 16.9 Å². The van der Waals surface area contributed by atoms with Gasteiger partial charge < -0.3 is 19.5 Å². The summed E-state index contributed by atoms with van der Waals surface area (Å²) in [6, 6.07) is 5.44. The first-order valence-corrected chi connectivity index (χ1v) is 13.7. The lowest BCUT2D eigenvalue weighted by atomic mass is 9.95. The minimum atomic E-state index is -4.80. The Morgan fingerprint density at radius 1 is 1.07 bits per heavy atom. The van der Waals surface area contributed by atoms with E-state index >= 15 is 0 Å². The molecule has 1 aliphatic rings. The minimum absolute atomic E-state index is 0.0480. The molecular weight excluding hydrogens is 561 g/mol. The maximum atomic E-state index is 14.1. The summed E-state index contributed by atoms with van der Waals surface area (Å²) in [6.45, 7) is 3.46. The number of methoxy groups -OCH3 is 2. The molecule has 0 bridgehead atoms. The van der Waals surface area contributed by atoms with Crippen molar-refractivity contribution in [2.75, 3.05) is 19.5 Å². The Morgan fingerprint density at radius 3 is 2.49 bits per heavy atom. The van der Waals surface area contributed by atoms with Crippen molar-refractivity contribution in [1.29, 1.82) is 0 Å². The van der Waals surface area contributed by atoms with Crippen LogP contribution in [-0.4, -0.2) is 46.8 Å². The smallest absolute Gasteiger partial charge is 0.433 e. The van der Waals surface area contributed by atoms with Crippen LogP contribution in [-0.2, 0) is 23.8 Å². The number of nitrogens with one attached hydrogen (secondary N) is 1. The molecule has 1 N–H and O–H groups in total. The second-order valence-electron chi connectivity index (χ2n) is 9.71. The van der Waals surface area contributed by atoms with Crippen LogP contribution in [0.3, 0.4) is 0 Å². The maximum Gasteiger partial charge on any atom is 0.433 e. The summed E-state index contributed by atoms with van der Waals surface area (Å²) in [5, 5.41) is 6.87. The van der Waals surface area contributed by atoms with Gasteiger partial charge in [-0.3, -0.25) is 4.79 Å². The number of halogens is 3. The Labute approximate surface area is 237 Å². The van der Waals surface area contributed by atoms with E-state index in [9.17, 15) is 22.8 Å². The number of aryl methyl sites for hydroxylation is 1. The molecule has 3 aromatic heterocycles. The first kappa shape index (κ1) is 28.4. The zero-order valence-electron chi connectivity index (χ0n) is 22.7. The summed E-state index contributed by atoms with van der Waals surface area (Å²) in [7, 11) is 2.85. The van der Waals surface area contributed by atoms with Gasteiger partial charge in [0.25, 0.3) is 5.91 Å². The number of rotatable bonds is 7. The number of anilines is 1. The molecule has 3 heterocycles. The highest BCUT2D eigenvalue weighted by Crippen LogP contribution is 2.40. The van der Waals surface area contributed by atoms with Gasteiger partial charge in [-0.1, -0.05) is 0 Å². The topological polar surface area (TPSA) is 104 Å². The van der Waals surface area contributed by atoms with Gasteiger partial charge in [-0.25, -0.2) is 14.3 Å². The lowest BCUT2D eigenvalue weighted by molar-refractivity contribution is -0.142. The average molecular weight is 589 g/mol. The van der Waals surface area contributed by atoms with Crippen LogP contribution in [0.4, 0.5) is 18.2 Å². The molecule has 4 aromatic rings. The van der Waals surface area contributed by atoms with Crippen molar-refractivity contribution in [2.24, 2.45) is 0 Å². The zero-order chi connectivity index (χ0) is 29.5. The quantitative estimate of drug-likeness (QED) is 0.257. The Kier molecular flexibility index (Phi) is 7.64. The molecule has 9 nitrogen and oxygen atoms in total. The van der Waals surface area contributed by atoms with Gasteiger partial charge in [0.2, 0.25) is 0 Å². The molecule has 0 radical (unpaired) electrons. The van der Waals surface area contributed by atoms with E-state index in [1.807, 2.05) is 0 Å². The van der Waals surface area contributed by atoms with Crippen LogP contribution in [0, 0.1) is 0 Å². The van der Waals surface area contributed by atoms with E-state index in [0.717, 1.165) is 42.0 Å². The number of alkyl halides is 3. The number of hydrogen-bond acceptors (Lipinski definition) is 8. The fraction of sp³-hybridized carbons (Fsp3) is 0.357. The van der Waals surface area contributed by atoms with E-state index in [0.29, 0.717) is 33.0 Å². The van der Waals surface area contributed by atoms with Gasteiger partial charge in [-0.2, -0.15) is 18.3 Å². The number of ether oxygens (including phenoxy) is 3. The molecule has 13 heteroatoms. The third-order valence-corrected chi connectivity index (χ3v) is 7.84. The molecule has 0 unspecified atom stereocenters. The number of benzene rings is 1. The van der Waals surface area contributed by atoms with Gasteiger partial charge in [0.1, 0.15) is 10.6 Å². The van der Waals surface area contributed by atoms with Gasteiger partial charge in [0, 0.05) is 10.4 Å². The average Bonchev–Trinajstić information content (AvgIpc) is 3.52. The van der Waals surface area contributed by atoms with Crippen molar-refractivity contribution in [3.63, 3.8) is 0 Å². The van der Waals surface area contributed by atoms with Crippen LogP contribution in [0.2, 0.25) is 0 Å². The summed E-state index contributed by atoms with van der Waals surface area (Å²) in [6.07, 6.45) is -0.846. The summed E-state index contributed by atoms with van der Waals surface area (Å²) in [5.74, 6) is -0.609. The third-order valence-electron chi connectivity index (χ3n) is 6.63. The monoisotopic (exact) mass is 588 g/mol. The Hall–Kier alpha value is -4.13. The number of amides is 1.